The summed E-state index contributed by atoms with van der Waals surface area (Å²) >= 11 is 1.35. The van der Waals surface area contributed by atoms with Crippen molar-refractivity contribution in [3.05, 3.63) is 40.0 Å². The van der Waals surface area contributed by atoms with Crippen molar-refractivity contribution in [2.24, 2.45) is 5.92 Å². The van der Waals surface area contributed by atoms with Crippen molar-refractivity contribution in [1.29, 1.82) is 0 Å². The molecule has 0 saturated carbocycles. The molecule has 2 amide bonds. The van der Waals surface area contributed by atoms with E-state index in [-0.39, 0.29) is 11.9 Å². The van der Waals surface area contributed by atoms with Gasteiger partial charge in [-0.1, -0.05) is 0 Å². The number of hydrogen-bond donors (Lipinski definition) is 1. The van der Waals surface area contributed by atoms with Crippen LogP contribution < -0.4 is 10.9 Å². The summed E-state index contributed by atoms with van der Waals surface area (Å²) in [5.41, 5.74) is -0.982. The first-order valence-corrected chi connectivity index (χ1v) is 8.71. The highest BCUT2D eigenvalue weighted by Crippen LogP contribution is 2.20. The van der Waals surface area contributed by atoms with Gasteiger partial charge >= 0.3 is 6.03 Å². The van der Waals surface area contributed by atoms with Crippen molar-refractivity contribution in [2.45, 2.75) is 25.8 Å². The summed E-state index contributed by atoms with van der Waals surface area (Å²) in [6, 6.07) is 0.690. The highest BCUT2D eigenvalue weighted by molar-refractivity contribution is 7.13. The van der Waals surface area contributed by atoms with Gasteiger partial charge in [-0.2, -0.15) is 0 Å². The van der Waals surface area contributed by atoms with Crippen LogP contribution in [0.1, 0.15) is 25.0 Å². The third-order valence-electron chi connectivity index (χ3n) is 4.13. The van der Waals surface area contributed by atoms with Gasteiger partial charge in [0.05, 0.1) is 6.33 Å². The maximum absolute atomic E-state index is 12.5. The number of anilines is 1. The van der Waals surface area contributed by atoms with Crippen molar-refractivity contribution in [3.63, 3.8) is 0 Å². The van der Waals surface area contributed by atoms with Crippen LogP contribution in [0.2, 0.25) is 0 Å². The highest BCUT2D eigenvalue weighted by atomic mass is 32.1. The Morgan fingerprint density at radius 2 is 2.12 bits per heavy atom. The maximum Gasteiger partial charge on any atom is 0.323 e. The molecule has 0 atom stereocenters. The minimum absolute atomic E-state index is 0.187. The number of amides is 2. The quantitative estimate of drug-likeness (QED) is 0.898. The van der Waals surface area contributed by atoms with Crippen LogP contribution in [0.25, 0.3) is 0 Å². The van der Waals surface area contributed by atoms with Gasteiger partial charge in [-0.15, -0.1) is 11.3 Å². The van der Waals surface area contributed by atoms with E-state index in [2.05, 4.69) is 15.3 Å². The van der Waals surface area contributed by atoms with E-state index in [1.54, 1.807) is 16.5 Å². The van der Waals surface area contributed by atoms with Gasteiger partial charge in [0.1, 0.15) is 5.69 Å². The van der Waals surface area contributed by atoms with Gasteiger partial charge < -0.3 is 4.90 Å². The number of hydrogen-bond acceptors (Lipinski definition) is 5. The van der Waals surface area contributed by atoms with Crippen LogP contribution >= 0.6 is 11.3 Å². The first kappa shape index (κ1) is 17.5. The molecule has 0 bridgehead atoms. The Labute approximate surface area is 146 Å². The number of piperidine rings is 1. The molecule has 2 aromatic rings. The number of carbonyl (C=O) groups excluding carboxylic acids is 1. The lowest BCUT2D eigenvalue weighted by Gasteiger charge is -2.31. The Hall–Kier alpha value is -2.36. The van der Waals surface area contributed by atoms with Crippen LogP contribution in [0.5, 0.6) is 0 Å². The average Bonchev–Trinajstić information content (AvgIpc) is 3.10. The van der Waals surface area contributed by atoms with Gasteiger partial charge in [0.2, 0.25) is 0 Å². The summed E-state index contributed by atoms with van der Waals surface area (Å²) < 4.78 is 26.4. The van der Waals surface area contributed by atoms with Gasteiger partial charge in [-0.25, -0.2) is 23.5 Å². The Kier molecular flexibility index (Phi) is 5.37. The number of aromatic nitrogens is 3. The molecule has 10 heteroatoms. The second-order valence-corrected chi connectivity index (χ2v) is 6.70. The molecule has 0 radical (unpaired) electrons. The number of likely N-dealkylation sites (tertiary alicyclic amines) is 1. The van der Waals surface area contributed by atoms with Crippen LogP contribution in [-0.2, 0) is 6.54 Å². The van der Waals surface area contributed by atoms with E-state index >= 15 is 0 Å². The molecule has 0 spiro atoms. The van der Waals surface area contributed by atoms with Crippen molar-refractivity contribution in [1.82, 2.24) is 19.4 Å². The number of thiazole rings is 1. The fraction of sp³-hybridized carbons (Fsp3) is 0.467. The number of alkyl halides is 2. The molecule has 0 aromatic carbocycles. The minimum atomic E-state index is -2.75. The van der Waals surface area contributed by atoms with Crippen LogP contribution in [0.3, 0.4) is 0 Å². The van der Waals surface area contributed by atoms with E-state index in [0.717, 1.165) is 18.9 Å². The van der Waals surface area contributed by atoms with Crippen LogP contribution in [-0.4, -0.2) is 38.6 Å². The lowest BCUT2D eigenvalue weighted by Crippen LogP contribution is -2.42. The molecule has 25 heavy (non-hydrogen) atoms. The lowest BCUT2D eigenvalue weighted by molar-refractivity contribution is 0.145. The van der Waals surface area contributed by atoms with Gasteiger partial charge in [-0.3, -0.25) is 14.7 Å². The van der Waals surface area contributed by atoms with E-state index in [0.29, 0.717) is 24.8 Å². The van der Waals surface area contributed by atoms with Crippen LogP contribution in [0.4, 0.5) is 18.7 Å². The number of urea groups is 1. The number of rotatable bonds is 4. The molecule has 2 aromatic heterocycles. The zero-order valence-electron chi connectivity index (χ0n) is 13.3. The van der Waals surface area contributed by atoms with Crippen molar-refractivity contribution in [3.8, 4) is 0 Å². The van der Waals surface area contributed by atoms with Crippen molar-refractivity contribution in [2.75, 3.05) is 18.4 Å². The summed E-state index contributed by atoms with van der Waals surface area (Å²) in [6.45, 7) is 1.55. The summed E-state index contributed by atoms with van der Waals surface area (Å²) in [5, 5.41) is 5.08. The molecule has 7 nitrogen and oxygen atoms in total. The van der Waals surface area contributed by atoms with Gasteiger partial charge in [0.15, 0.2) is 5.13 Å². The first-order valence-electron chi connectivity index (χ1n) is 7.83. The molecule has 0 unspecified atom stereocenters. The van der Waals surface area contributed by atoms with E-state index in [9.17, 15) is 18.4 Å². The zero-order chi connectivity index (χ0) is 17.8. The normalized spacial score (nSPS) is 15.6. The minimum Gasteiger partial charge on any atom is -0.324 e. The number of nitrogens with one attached hydrogen (secondary N) is 1. The molecule has 1 N–H and O–H groups in total. The number of carbonyl (C=O) groups is 1. The molecule has 1 saturated heterocycles. The summed E-state index contributed by atoms with van der Waals surface area (Å²) in [4.78, 5) is 33.4. The molecular weight excluding hydrogens is 352 g/mol. The van der Waals surface area contributed by atoms with E-state index in [4.69, 9.17) is 0 Å². The van der Waals surface area contributed by atoms with Crippen LogP contribution in [0, 0.1) is 5.92 Å². The number of halogens is 2. The largest absolute Gasteiger partial charge is 0.324 e. The molecule has 3 heterocycles. The maximum atomic E-state index is 12.5. The summed E-state index contributed by atoms with van der Waals surface area (Å²) in [7, 11) is 0. The average molecular weight is 369 g/mol. The van der Waals surface area contributed by atoms with E-state index in [1.165, 1.54) is 22.2 Å². The zero-order valence-corrected chi connectivity index (χ0v) is 14.1. The van der Waals surface area contributed by atoms with E-state index < -0.39 is 17.7 Å². The Morgan fingerprint density at radius 3 is 2.72 bits per heavy atom. The van der Waals surface area contributed by atoms with E-state index in [1.807, 2.05) is 0 Å². The molecule has 1 aliphatic heterocycles. The molecule has 134 valence electrons. The predicted octanol–water partition coefficient (Wildman–Crippen LogP) is 2.58. The fourth-order valence-corrected chi connectivity index (χ4v) is 3.27. The summed E-state index contributed by atoms with van der Waals surface area (Å²) in [5.74, 6) is 0.195. The Balaban J connectivity index is 1.52. The van der Waals surface area contributed by atoms with Crippen molar-refractivity contribution < 1.29 is 13.6 Å². The van der Waals surface area contributed by atoms with Crippen molar-refractivity contribution >= 4 is 22.5 Å². The van der Waals surface area contributed by atoms with Gasteiger partial charge in [0, 0.05) is 37.3 Å². The predicted molar refractivity (Wildman–Crippen MR) is 88.9 cm³/mol. The third kappa shape index (κ3) is 4.38. The number of nitrogens with zero attached hydrogens (tertiary/aromatic N) is 4. The van der Waals surface area contributed by atoms with Gasteiger partial charge in [0.25, 0.3) is 12.0 Å². The topological polar surface area (TPSA) is 80.1 Å². The molecule has 3 rings (SSSR count). The Morgan fingerprint density at radius 1 is 1.36 bits per heavy atom. The second-order valence-electron chi connectivity index (χ2n) is 5.80. The monoisotopic (exact) mass is 369 g/mol. The van der Waals surface area contributed by atoms with Crippen LogP contribution in [0.15, 0.2) is 28.8 Å². The fourth-order valence-electron chi connectivity index (χ4n) is 2.75. The molecule has 0 aliphatic carbocycles. The molecule has 1 aliphatic rings. The highest BCUT2D eigenvalue weighted by Gasteiger charge is 2.24. The smallest absolute Gasteiger partial charge is 0.323 e. The third-order valence-corrected chi connectivity index (χ3v) is 4.82. The SMILES string of the molecule is O=C(Nc1nccs1)N1CCC(Cn2cnc(C(F)F)cc2=O)CC1. The second kappa shape index (κ2) is 7.68. The molecule has 1 fully saturated rings. The Bertz CT molecular complexity index is 772. The van der Waals surface area contributed by atoms with Gasteiger partial charge in [-0.05, 0) is 18.8 Å². The molecular formula is C15H17F2N5O2S. The standard InChI is InChI=1S/C15H17F2N5O2S/c16-13(17)11-7-12(23)22(9-19-11)8-10-1-4-21(5-2-10)15(24)20-14-18-3-6-25-14/h3,6-7,9-10,13H,1-2,4-5,8H2,(H,18,20,24). The first-order chi connectivity index (χ1) is 12.0. The lowest BCUT2D eigenvalue weighted by atomic mass is 9.97. The summed E-state index contributed by atoms with van der Waals surface area (Å²) in [6.07, 6.45) is 1.51.